The Morgan fingerprint density at radius 2 is 2.30 bits per heavy atom. The van der Waals surface area contributed by atoms with Crippen molar-refractivity contribution >= 4 is 0 Å². The third kappa shape index (κ3) is 1.94. The van der Waals surface area contributed by atoms with Crippen LogP contribution in [0.25, 0.3) is 0 Å². The van der Waals surface area contributed by atoms with Crippen molar-refractivity contribution in [1.82, 2.24) is 0 Å². The predicted molar refractivity (Wildman–Crippen MR) is 38.7 cm³/mol. The molecule has 3 heteroatoms. The standard InChI is InChI=1S/C7H15NO2/c8-7(5-9)3-1-2-4-10-6-7/h9H,1-6,8H2. The van der Waals surface area contributed by atoms with E-state index < -0.39 is 5.54 Å². The van der Waals surface area contributed by atoms with Crippen LogP contribution in [0.1, 0.15) is 19.3 Å². The number of ether oxygens (including phenoxy) is 1. The molecule has 10 heavy (non-hydrogen) atoms. The number of nitrogens with two attached hydrogens (primary N) is 1. The third-order valence-corrected chi connectivity index (χ3v) is 1.92. The lowest BCUT2D eigenvalue weighted by Gasteiger charge is -2.23. The Kier molecular flexibility index (Phi) is 2.65. The predicted octanol–water partition coefficient (Wildman–Crippen LogP) is -0.123. The van der Waals surface area contributed by atoms with Crippen LogP contribution in [0.2, 0.25) is 0 Å². The second-order valence-corrected chi connectivity index (χ2v) is 3.03. The van der Waals surface area contributed by atoms with Crippen LogP contribution in [-0.4, -0.2) is 30.5 Å². The van der Waals surface area contributed by atoms with Gasteiger partial charge in [0.15, 0.2) is 0 Å². The molecular formula is C7H15NO2. The lowest BCUT2D eigenvalue weighted by Crippen LogP contribution is -2.47. The van der Waals surface area contributed by atoms with E-state index in [0.717, 1.165) is 25.9 Å². The van der Waals surface area contributed by atoms with Gasteiger partial charge in [-0.05, 0) is 19.3 Å². The van der Waals surface area contributed by atoms with Gasteiger partial charge in [-0.15, -0.1) is 0 Å². The summed E-state index contributed by atoms with van der Waals surface area (Å²) >= 11 is 0. The smallest absolute Gasteiger partial charge is 0.0668 e. The summed E-state index contributed by atoms with van der Waals surface area (Å²) in [6.45, 7) is 1.33. The molecule has 3 nitrogen and oxygen atoms in total. The minimum atomic E-state index is -0.462. The van der Waals surface area contributed by atoms with Crippen LogP contribution < -0.4 is 5.73 Å². The summed E-state index contributed by atoms with van der Waals surface area (Å²) in [6, 6.07) is 0. The zero-order valence-electron chi connectivity index (χ0n) is 6.18. The van der Waals surface area contributed by atoms with Crippen LogP contribution in [0.15, 0.2) is 0 Å². The first-order valence-electron chi connectivity index (χ1n) is 3.74. The second kappa shape index (κ2) is 3.32. The van der Waals surface area contributed by atoms with Gasteiger partial charge >= 0.3 is 0 Å². The van der Waals surface area contributed by atoms with Gasteiger partial charge in [0.05, 0.1) is 18.8 Å². The van der Waals surface area contributed by atoms with Gasteiger partial charge in [0.1, 0.15) is 0 Å². The molecule has 0 aromatic heterocycles. The molecule has 0 radical (unpaired) electrons. The topological polar surface area (TPSA) is 55.5 Å². The maximum Gasteiger partial charge on any atom is 0.0668 e. The molecule has 0 aliphatic carbocycles. The van der Waals surface area contributed by atoms with Crippen LogP contribution in [0.5, 0.6) is 0 Å². The number of aliphatic hydroxyl groups is 1. The first-order chi connectivity index (χ1) is 4.77. The molecule has 1 unspecified atom stereocenters. The Morgan fingerprint density at radius 1 is 1.50 bits per heavy atom. The first kappa shape index (κ1) is 7.98. The van der Waals surface area contributed by atoms with E-state index in [1.807, 2.05) is 0 Å². The summed E-state index contributed by atoms with van der Waals surface area (Å²) in [6.07, 6.45) is 3.01. The van der Waals surface area contributed by atoms with Crippen molar-refractivity contribution in [2.45, 2.75) is 24.8 Å². The Balaban J connectivity index is 2.41. The summed E-state index contributed by atoms with van der Waals surface area (Å²) < 4.78 is 5.22. The van der Waals surface area contributed by atoms with Crippen molar-refractivity contribution < 1.29 is 9.84 Å². The van der Waals surface area contributed by atoms with Gasteiger partial charge in [0.2, 0.25) is 0 Å². The van der Waals surface area contributed by atoms with E-state index in [4.69, 9.17) is 15.6 Å². The van der Waals surface area contributed by atoms with Crippen LogP contribution in [0, 0.1) is 0 Å². The molecule has 0 aromatic rings. The zero-order valence-corrected chi connectivity index (χ0v) is 6.18. The molecule has 1 heterocycles. The third-order valence-electron chi connectivity index (χ3n) is 1.92. The van der Waals surface area contributed by atoms with E-state index in [1.165, 1.54) is 0 Å². The Labute approximate surface area is 61.2 Å². The average Bonchev–Trinajstić information content (AvgIpc) is 2.15. The highest BCUT2D eigenvalue weighted by molar-refractivity contribution is 4.84. The molecule has 0 saturated carbocycles. The fraction of sp³-hybridized carbons (Fsp3) is 1.00. The maximum absolute atomic E-state index is 8.87. The fourth-order valence-corrected chi connectivity index (χ4v) is 1.15. The molecule has 1 aliphatic rings. The van der Waals surface area contributed by atoms with E-state index in [9.17, 15) is 0 Å². The van der Waals surface area contributed by atoms with Crippen molar-refractivity contribution in [2.75, 3.05) is 19.8 Å². The Bertz CT molecular complexity index is 97.8. The van der Waals surface area contributed by atoms with Crippen molar-refractivity contribution in [3.63, 3.8) is 0 Å². The van der Waals surface area contributed by atoms with E-state index in [0.29, 0.717) is 6.61 Å². The van der Waals surface area contributed by atoms with Crippen LogP contribution in [0.3, 0.4) is 0 Å². The van der Waals surface area contributed by atoms with Gasteiger partial charge in [0, 0.05) is 6.61 Å². The highest BCUT2D eigenvalue weighted by Crippen LogP contribution is 2.15. The minimum absolute atomic E-state index is 0.0347. The molecule has 1 atom stereocenters. The molecule has 1 fully saturated rings. The van der Waals surface area contributed by atoms with E-state index in [-0.39, 0.29) is 6.61 Å². The molecule has 0 spiro atoms. The zero-order chi connectivity index (χ0) is 7.45. The lowest BCUT2D eigenvalue weighted by atomic mass is 9.97. The van der Waals surface area contributed by atoms with Gasteiger partial charge < -0.3 is 15.6 Å². The van der Waals surface area contributed by atoms with E-state index >= 15 is 0 Å². The van der Waals surface area contributed by atoms with Crippen molar-refractivity contribution in [1.29, 1.82) is 0 Å². The normalized spacial score (nSPS) is 35.4. The Hall–Kier alpha value is -0.120. The van der Waals surface area contributed by atoms with Crippen molar-refractivity contribution in [2.24, 2.45) is 5.73 Å². The summed E-state index contributed by atoms with van der Waals surface area (Å²) in [7, 11) is 0. The average molecular weight is 145 g/mol. The van der Waals surface area contributed by atoms with Gasteiger partial charge in [-0.1, -0.05) is 0 Å². The van der Waals surface area contributed by atoms with Gasteiger partial charge in [0.25, 0.3) is 0 Å². The molecule has 0 aromatic carbocycles. The number of hydrogen-bond donors (Lipinski definition) is 2. The molecule has 3 N–H and O–H groups in total. The largest absolute Gasteiger partial charge is 0.394 e. The molecule has 0 amide bonds. The molecular weight excluding hydrogens is 130 g/mol. The first-order valence-corrected chi connectivity index (χ1v) is 3.74. The summed E-state index contributed by atoms with van der Waals surface area (Å²) in [5, 5.41) is 8.87. The number of rotatable bonds is 1. The molecule has 1 rings (SSSR count). The SMILES string of the molecule is NC1(CO)CCCCOC1. The van der Waals surface area contributed by atoms with Crippen LogP contribution in [0.4, 0.5) is 0 Å². The van der Waals surface area contributed by atoms with Crippen molar-refractivity contribution in [3.05, 3.63) is 0 Å². The molecule has 1 aliphatic heterocycles. The van der Waals surface area contributed by atoms with Gasteiger partial charge in [-0.2, -0.15) is 0 Å². The fourth-order valence-electron chi connectivity index (χ4n) is 1.15. The number of aliphatic hydroxyl groups excluding tert-OH is 1. The van der Waals surface area contributed by atoms with E-state index in [2.05, 4.69) is 0 Å². The maximum atomic E-state index is 8.87. The summed E-state index contributed by atoms with van der Waals surface area (Å²) in [5.41, 5.74) is 5.32. The molecule has 1 saturated heterocycles. The monoisotopic (exact) mass is 145 g/mol. The summed E-state index contributed by atoms with van der Waals surface area (Å²) in [4.78, 5) is 0. The van der Waals surface area contributed by atoms with Crippen molar-refractivity contribution in [3.8, 4) is 0 Å². The lowest BCUT2D eigenvalue weighted by molar-refractivity contribution is 0.0698. The highest BCUT2D eigenvalue weighted by Gasteiger charge is 2.25. The highest BCUT2D eigenvalue weighted by atomic mass is 16.5. The second-order valence-electron chi connectivity index (χ2n) is 3.03. The van der Waals surface area contributed by atoms with Crippen LogP contribution >= 0.6 is 0 Å². The van der Waals surface area contributed by atoms with Gasteiger partial charge in [-0.25, -0.2) is 0 Å². The molecule has 0 bridgehead atoms. The Morgan fingerprint density at radius 3 is 3.00 bits per heavy atom. The van der Waals surface area contributed by atoms with Crippen LogP contribution in [-0.2, 0) is 4.74 Å². The van der Waals surface area contributed by atoms with E-state index in [1.54, 1.807) is 0 Å². The summed E-state index contributed by atoms with van der Waals surface area (Å²) in [5.74, 6) is 0. The quantitative estimate of drug-likeness (QED) is 0.540. The minimum Gasteiger partial charge on any atom is -0.394 e. The number of hydrogen-bond acceptors (Lipinski definition) is 3. The van der Waals surface area contributed by atoms with Gasteiger partial charge in [-0.3, -0.25) is 0 Å². The molecule has 60 valence electrons.